The number of aryl methyl sites for hydroxylation is 1. The lowest BCUT2D eigenvalue weighted by Crippen LogP contribution is -2.50. The van der Waals surface area contributed by atoms with Gasteiger partial charge in [-0.25, -0.2) is 4.79 Å². The maximum atomic E-state index is 12.9. The first-order valence-corrected chi connectivity index (χ1v) is 5.27. The van der Waals surface area contributed by atoms with Crippen LogP contribution in [0.2, 0.25) is 0 Å². The molecule has 0 bridgehead atoms. The largest absolute Gasteiger partial charge is 0.463 e. The number of benzene rings is 1. The summed E-state index contributed by atoms with van der Waals surface area (Å²) in [6, 6.07) is 5.04. The van der Waals surface area contributed by atoms with Crippen LogP contribution in [0.3, 0.4) is 0 Å². The Bertz CT molecular complexity index is 442. The van der Waals surface area contributed by atoms with E-state index < -0.39 is 23.3 Å². The van der Waals surface area contributed by atoms with E-state index in [-0.39, 0.29) is 6.61 Å². The van der Waals surface area contributed by atoms with Crippen LogP contribution in [-0.2, 0) is 15.1 Å². The number of rotatable bonds is 3. The third-order valence-electron chi connectivity index (χ3n) is 2.42. The molecule has 0 aliphatic carbocycles. The summed E-state index contributed by atoms with van der Waals surface area (Å²) in [5.41, 5.74) is -3.68. The zero-order valence-corrected chi connectivity index (χ0v) is 9.91. The molecule has 0 spiro atoms. The maximum absolute atomic E-state index is 12.9. The number of hydrogen-bond acceptors (Lipinski definition) is 3. The second-order valence-corrected chi connectivity index (χ2v) is 3.80. The number of hydrogen-bond donors (Lipinski definition) is 1. The highest BCUT2D eigenvalue weighted by Gasteiger charge is 2.62. The monoisotopic (exact) mass is 262 g/mol. The lowest BCUT2D eigenvalue weighted by molar-refractivity contribution is -0.267. The Hall–Kier alpha value is -1.56. The fraction of sp³-hybridized carbons (Fsp3) is 0.417. The van der Waals surface area contributed by atoms with Gasteiger partial charge in [0.05, 0.1) is 6.61 Å². The summed E-state index contributed by atoms with van der Waals surface area (Å²) in [5.74, 6) is -1.72. The van der Waals surface area contributed by atoms with Gasteiger partial charge < -0.3 is 9.84 Å². The normalized spacial score (nSPS) is 15.0. The third-order valence-corrected chi connectivity index (χ3v) is 2.42. The number of carbonyl (C=O) groups excluding carboxylic acids is 1. The molecule has 0 aliphatic heterocycles. The van der Waals surface area contributed by atoms with Crippen LogP contribution < -0.4 is 0 Å². The molecule has 6 heteroatoms. The average Bonchev–Trinajstić information content (AvgIpc) is 2.26. The lowest BCUT2D eigenvalue weighted by atomic mass is 9.92. The van der Waals surface area contributed by atoms with Crippen LogP contribution in [0, 0.1) is 6.92 Å². The zero-order chi connectivity index (χ0) is 14.0. The summed E-state index contributed by atoms with van der Waals surface area (Å²) in [6.07, 6.45) is -5.15. The molecule has 3 nitrogen and oxygen atoms in total. The van der Waals surface area contributed by atoms with Crippen molar-refractivity contribution in [2.75, 3.05) is 6.61 Å². The van der Waals surface area contributed by atoms with Crippen molar-refractivity contribution >= 4 is 5.97 Å². The standard InChI is InChI=1S/C12H13F3O3/c1-3-18-10(16)11(17,12(13,14)15)9-6-4-5-8(2)7-9/h4-7,17H,3H2,1-2H3. The Labute approximate surface area is 102 Å². The summed E-state index contributed by atoms with van der Waals surface area (Å²) in [7, 11) is 0. The Morgan fingerprint density at radius 1 is 1.39 bits per heavy atom. The molecule has 0 aromatic heterocycles. The molecular weight excluding hydrogens is 249 g/mol. The van der Waals surface area contributed by atoms with Crippen molar-refractivity contribution in [1.82, 2.24) is 0 Å². The molecule has 1 atom stereocenters. The third kappa shape index (κ3) is 2.48. The van der Waals surface area contributed by atoms with Gasteiger partial charge in [-0.15, -0.1) is 0 Å². The fourth-order valence-corrected chi connectivity index (χ4v) is 1.50. The lowest BCUT2D eigenvalue weighted by Gasteiger charge is -2.28. The smallest absolute Gasteiger partial charge is 0.432 e. The number of aliphatic hydroxyl groups is 1. The van der Waals surface area contributed by atoms with Crippen molar-refractivity contribution in [3.05, 3.63) is 35.4 Å². The van der Waals surface area contributed by atoms with E-state index in [2.05, 4.69) is 4.74 Å². The van der Waals surface area contributed by atoms with Crippen molar-refractivity contribution in [2.24, 2.45) is 0 Å². The van der Waals surface area contributed by atoms with Crippen LogP contribution in [0.25, 0.3) is 0 Å². The second-order valence-electron chi connectivity index (χ2n) is 3.80. The highest BCUT2D eigenvalue weighted by atomic mass is 19.4. The number of carbonyl (C=O) groups is 1. The Morgan fingerprint density at radius 2 is 2.00 bits per heavy atom. The van der Waals surface area contributed by atoms with Crippen molar-refractivity contribution < 1.29 is 27.8 Å². The van der Waals surface area contributed by atoms with Gasteiger partial charge in [-0.3, -0.25) is 0 Å². The Balaban J connectivity index is 3.34. The van der Waals surface area contributed by atoms with Crippen molar-refractivity contribution in [2.45, 2.75) is 25.6 Å². The molecule has 1 aromatic rings. The van der Waals surface area contributed by atoms with Crippen LogP contribution in [0.5, 0.6) is 0 Å². The van der Waals surface area contributed by atoms with Crippen molar-refractivity contribution in [3.8, 4) is 0 Å². The van der Waals surface area contributed by atoms with E-state index in [1.54, 1.807) is 13.0 Å². The highest BCUT2D eigenvalue weighted by molar-refractivity contribution is 5.82. The Kier molecular flexibility index (Phi) is 4.01. The molecule has 0 saturated heterocycles. The van der Waals surface area contributed by atoms with Gasteiger partial charge in [-0.05, 0) is 13.8 Å². The van der Waals surface area contributed by atoms with Crippen LogP contribution in [0.4, 0.5) is 13.2 Å². The summed E-state index contributed by atoms with van der Waals surface area (Å²) in [6.45, 7) is 2.68. The van der Waals surface area contributed by atoms with Gasteiger partial charge in [0.25, 0.3) is 5.60 Å². The molecule has 1 aromatic carbocycles. The van der Waals surface area contributed by atoms with E-state index in [9.17, 15) is 23.1 Å². The van der Waals surface area contributed by atoms with Crippen LogP contribution >= 0.6 is 0 Å². The minimum atomic E-state index is -5.15. The number of alkyl halides is 3. The number of ether oxygens (including phenoxy) is 1. The van der Waals surface area contributed by atoms with Gasteiger partial charge in [0.1, 0.15) is 0 Å². The van der Waals surface area contributed by atoms with Gasteiger partial charge in [-0.2, -0.15) is 13.2 Å². The average molecular weight is 262 g/mol. The molecular formula is C12H13F3O3. The zero-order valence-electron chi connectivity index (χ0n) is 9.91. The molecule has 18 heavy (non-hydrogen) atoms. The molecule has 0 aliphatic rings. The molecule has 0 amide bonds. The summed E-state index contributed by atoms with van der Waals surface area (Å²) in [4.78, 5) is 11.4. The molecule has 1 rings (SSSR count). The first kappa shape index (κ1) is 14.5. The quantitative estimate of drug-likeness (QED) is 0.850. The summed E-state index contributed by atoms with van der Waals surface area (Å²) >= 11 is 0. The second kappa shape index (κ2) is 4.97. The predicted molar refractivity (Wildman–Crippen MR) is 57.8 cm³/mol. The molecule has 0 fully saturated rings. The predicted octanol–water partition coefficient (Wildman–Crippen LogP) is 2.31. The van der Waals surface area contributed by atoms with Crippen molar-refractivity contribution in [3.63, 3.8) is 0 Å². The molecule has 0 saturated carbocycles. The Morgan fingerprint density at radius 3 is 2.44 bits per heavy atom. The number of esters is 1. The van der Waals surface area contributed by atoms with Gasteiger partial charge in [-0.1, -0.05) is 29.8 Å². The van der Waals surface area contributed by atoms with E-state index in [1.807, 2.05) is 0 Å². The molecule has 1 unspecified atom stereocenters. The molecule has 0 radical (unpaired) electrons. The van der Waals surface area contributed by atoms with E-state index in [0.29, 0.717) is 5.56 Å². The highest BCUT2D eigenvalue weighted by Crippen LogP contribution is 2.40. The van der Waals surface area contributed by atoms with Crippen molar-refractivity contribution in [1.29, 1.82) is 0 Å². The van der Waals surface area contributed by atoms with Crippen LogP contribution in [-0.4, -0.2) is 23.9 Å². The van der Waals surface area contributed by atoms with E-state index >= 15 is 0 Å². The van der Waals surface area contributed by atoms with Gasteiger partial charge in [0.2, 0.25) is 0 Å². The van der Waals surface area contributed by atoms with Gasteiger partial charge >= 0.3 is 12.1 Å². The minimum absolute atomic E-state index is 0.247. The van der Waals surface area contributed by atoms with Gasteiger partial charge in [0.15, 0.2) is 0 Å². The minimum Gasteiger partial charge on any atom is -0.463 e. The van der Waals surface area contributed by atoms with Crippen LogP contribution in [0.1, 0.15) is 18.1 Å². The number of halogens is 3. The first-order valence-electron chi connectivity index (χ1n) is 5.27. The summed E-state index contributed by atoms with van der Waals surface area (Å²) in [5, 5.41) is 9.74. The van der Waals surface area contributed by atoms with E-state index in [4.69, 9.17) is 0 Å². The molecule has 100 valence electrons. The molecule has 1 N–H and O–H groups in total. The SMILES string of the molecule is CCOC(=O)C(O)(c1cccc(C)c1)C(F)(F)F. The topological polar surface area (TPSA) is 46.5 Å². The maximum Gasteiger partial charge on any atom is 0.432 e. The summed E-state index contributed by atoms with van der Waals surface area (Å²) < 4.78 is 43.2. The van der Waals surface area contributed by atoms with E-state index in [0.717, 1.165) is 12.1 Å². The van der Waals surface area contributed by atoms with Gasteiger partial charge in [0, 0.05) is 5.56 Å². The first-order chi connectivity index (χ1) is 8.23. The van der Waals surface area contributed by atoms with Crippen LogP contribution in [0.15, 0.2) is 24.3 Å². The fourth-order valence-electron chi connectivity index (χ4n) is 1.50. The van der Waals surface area contributed by atoms with E-state index in [1.165, 1.54) is 13.0 Å². The molecule has 0 heterocycles.